The molecule has 0 radical (unpaired) electrons. The molecule has 2 unspecified atom stereocenters. The maximum absolute atomic E-state index is 12.4. The van der Waals surface area contributed by atoms with E-state index in [-0.39, 0.29) is 35.9 Å². The number of carbonyl (C=O) groups is 1. The summed E-state index contributed by atoms with van der Waals surface area (Å²) in [6.07, 6.45) is 2.01. The van der Waals surface area contributed by atoms with Gasteiger partial charge in [0.25, 0.3) is 5.91 Å². The van der Waals surface area contributed by atoms with Gasteiger partial charge in [-0.25, -0.2) is 0 Å². The number of carbonyl (C=O) groups excluding carboxylic acids is 1. The lowest BCUT2D eigenvalue weighted by molar-refractivity contribution is 0.0906. The smallest absolute Gasteiger partial charge is 0.251 e. The molecule has 1 amide bonds. The SMILES string of the molecule is CCC(C)NC(=O)c1cccc(CNC(=NC)N2CCC(COCc3ccccc3)C2)c1.I. The van der Waals surface area contributed by atoms with E-state index in [1.54, 1.807) is 0 Å². The number of nitrogens with zero attached hydrogens (tertiary/aromatic N) is 2. The van der Waals surface area contributed by atoms with Crippen molar-refractivity contribution >= 4 is 35.8 Å². The van der Waals surface area contributed by atoms with Gasteiger partial charge in [-0.05, 0) is 43.0 Å². The Morgan fingerprint density at radius 1 is 1.18 bits per heavy atom. The van der Waals surface area contributed by atoms with Gasteiger partial charge in [0, 0.05) is 44.2 Å². The number of amides is 1. The molecule has 180 valence electrons. The van der Waals surface area contributed by atoms with Crippen molar-refractivity contribution < 1.29 is 9.53 Å². The molecular weight excluding hydrogens is 527 g/mol. The molecule has 2 aromatic rings. The maximum Gasteiger partial charge on any atom is 0.251 e. The highest BCUT2D eigenvalue weighted by molar-refractivity contribution is 14.0. The lowest BCUT2D eigenvalue weighted by Crippen LogP contribution is -2.40. The zero-order chi connectivity index (χ0) is 22.8. The van der Waals surface area contributed by atoms with E-state index >= 15 is 0 Å². The van der Waals surface area contributed by atoms with E-state index in [0.717, 1.165) is 44.1 Å². The van der Waals surface area contributed by atoms with Crippen LogP contribution in [0.3, 0.4) is 0 Å². The van der Waals surface area contributed by atoms with Gasteiger partial charge in [-0.1, -0.05) is 49.4 Å². The monoisotopic (exact) mass is 564 g/mol. The van der Waals surface area contributed by atoms with Crippen molar-refractivity contribution in [3.8, 4) is 0 Å². The molecule has 33 heavy (non-hydrogen) atoms. The Kier molecular flexibility index (Phi) is 11.7. The summed E-state index contributed by atoms with van der Waals surface area (Å²) in [6, 6.07) is 18.2. The van der Waals surface area contributed by atoms with Crippen molar-refractivity contribution in [3.63, 3.8) is 0 Å². The van der Waals surface area contributed by atoms with Gasteiger partial charge >= 0.3 is 0 Å². The van der Waals surface area contributed by atoms with Gasteiger partial charge in [-0.2, -0.15) is 0 Å². The quantitative estimate of drug-likeness (QED) is 0.269. The highest BCUT2D eigenvalue weighted by Crippen LogP contribution is 2.17. The second-order valence-electron chi connectivity index (χ2n) is 8.49. The number of benzene rings is 2. The summed E-state index contributed by atoms with van der Waals surface area (Å²) < 4.78 is 5.94. The van der Waals surface area contributed by atoms with Gasteiger partial charge in [0.15, 0.2) is 5.96 Å². The molecular formula is C26H37IN4O2. The van der Waals surface area contributed by atoms with Gasteiger partial charge < -0.3 is 20.3 Å². The predicted octanol–water partition coefficient (Wildman–Crippen LogP) is 4.45. The van der Waals surface area contributed by atoms with E-state index in [2.05, 4.69) is 39.6 Å². The molecule has 6 nitrogen and oxygen atoms in total. The lowest BCUT2D eigenvalue weighted by atomic mass is 10.1. The first-order chi connectivity index (χ1) is 15.6. The standard InChI is InChI=1S/C26H36N4O2.HI/c1-4-20(2)29-25(31)24-12-8-11-22(15-24)16-28-26(27-3)30-14-13-23(17-30)19-32-18-21-9-6-5-7-10-21;/h5-12,15,20,23H,4,13-14,16-19H2,1-3H3,(H,27,28)(H,29,31);1H. The topological polar surface area (TPSA) is 66.0 Å². The number of hydrogen-bond acceptors (Lipinski definition) is 3. The first kappa shape index (κ1) is 27.1. The number of rotatable bonds is 9. The fraction of sp³-hybridized carbons (Fsp3) is 0.462. The van der Waals surface area contributed by atoms with E-state index in [4.69, 9.17) is 4.74 Å². The summed E-state index contributed by atoms with van der Waals surface area (Å²) >= 11 is 0. The van der Waals surface area contributed by atoms with Gasteiger partial charge in [0.2, 0.25) is 0 Å². The summed E-state index contributed by atoms with van der Waals surface area (Å²) in [6.45, 7) is 8.03. The van der Waals surface area contributed by atoms with Crippen LogP contribution in [0.2, 0.25) is 0 Å². The number of hydrogen-bond donors (Lipinski definition) is 2. The molecule has 0 saturated carbocycles. The first-order valence-electron chi connectivity index (χ1n) is 11.6. The summed E-state index contributed by atoms with van der Waals surface area (Å²) in [4.78, 5) is 19.2. The van der Waals surface area contributed by atoms with Crippen molar-refractivity contribution in [1.82, 2.24) is 15.5 Å². The van der Waals surface area contributed by atoms with E-state index in [0.29, 0.717) is 24.6 Å². The van der Waals surface area contributed by atoms with Gasteiger partial charge in [-0.15, -0.1) is 24.0 Å². The van der Waals surface area contributed by atoms with Crippen molar-refractivity contribution in [2.75, 3.05) is 26.7 Å². The number of nitrogens with one attached hydrogen (secondary N) is 2. The summed E-state index contributed by atoms with van der Waals surface area (Å²) in [5.74, 6) is 1.37. The number of ether oxygens (including phenoxy) is 1. The molecule has 0 aromatic heterocycles. The molecule has 2 atom stereocenters. The van der Waals surface area contributed by atoms with Gasteiger partial charge in [-0.3, -0.25) is 9.79 Å². The van der Waals surface area contributed by atoms with Crippen molar-refractivity contribution in [1.29, 1.82) is 0 Å². The van der Waals surface area contributed by atoms with Crippen LogP contribution in [0.25, 0.3) is 0 Å². The van der Waals surface area contributed by atoms with Gasteiger partial charge in [0.1, 0.15) is 0 Å². The Labute approximate surface area is 215 Å². The van der Waals surface area contributed by atoms with Crippen LogP contribution in [0.1, 0.15) is 48.2 Å². The third-order valence-corrected chi connectivity index (χ3v) is 5.89. The Balaban J connectivity index is 0.00000385. The minimum atomic E-state index is -0.0246. The van der Waals surface area contributed by atoms with Crippen LogP contribution in [0.15, 0.2) is 59.6 Å². The molecule has 0 aliphatic carbocycles. The number of aliphatic imine (C=N–C) groups is 1. The van der Waals surface area contributed by atoms with Crippen LogP contribution in [0, 0.1) is 5.92 Å². The van der Waals surface area contributed by atoms with Crippen LogP contribution in [-0.2, 0) is 17.9 Å². The molecule has 3 rings (SSSR count). The average Bonchev–Trinajstić information content (AvgIpc) is 3.29. The lowest BCUT2D eigenvalue weighted by Gasteiger charge is -2.22. The van der Waals surface area contributed by atoms with Crippen molar-refractivity contribution in [2.45, 2.75) is 45.9 Å². The second kappa shape index (κ2) is 14.2. The van der Waals surface area contributed by atoms with Crippen LogP contribution in [0.5, 0.6) is 0 Å². The fourth-order valence-electron chi connectivity index (χ4n) is 3.82. The van der Waals surface area contributed by atoms with Crippen LogP contribution >= 0.6 is 24.0 Å². The van der Waals surface area contributed by atoms with E-state index in [1.165, 1.54) is 5.56 Å². The Bertz CT molecular complexity index is 891. The molecule has 1 fully saturated rings. The molecule has 1 heterocycles. The zero-order valence-corrected chi connectivity index (χ0v) is 22.3. The minimum Gasteiger partial charge on any atom is -0.376 e. The number of guanidine groups is 1. The van der Waals surface area contributed by atoms with Crippen LogP contribution < -0.4 is 10.6 Å². The Morgan fingerprint density at radius 2 is 1.94 bits per heavy atom. The summed E-state index contributed by atoms with van der Waals surface area (Å²) in [7, 11) is 1.82. The maximum atomic E-state index is 12.4. The van der Waals surface area contributed by atoms with E-state index in [1.807, 2.05) is 56.4 Å². The molecule has 2 aromatic carbocycles. The fourth-order valence-corrected chi connectivity index (χ4v) is 3.82. The number of likely N-dealkylation sites (tertiary alicyclic amines) is 1. The third kappa shape index (κ3) is 8.62. The second-order valence-corrected chi connectivity index (χ2v) is 8.49. The highest BCUT2D eigenvalue weighted by atomic mass is 127. The van der Waals surface area contributed by atoms with Gasteiger partial charge in [0.05, 0.1) is 13.2 Å². The van der Waals surface area contributed by atoms with Crippen molar-refractivity contribution in [2.24, 2.45) is 10.9 Å². The summed E-state index contributed by atoms with van der Waals surface area (Å²) in [5.41, 5.74) is 2.96. The van der Waals surface area contributed by atoms with Crippen molar-refractivity contribution in [3.05, 3.63) is 71.3 Å². The predicted molar refractivity (Wildman–Crippen MR) is 145 cm³/mol. The van der Waals surface area contributed by atoms with Crippen LogP contribution in [0.4, 0.5) is 0 Å². The molecule has 1 saturated heterocycles. The minimum absolute atomic E-state index is 0. The summed E-state index contributed by atoms with van der Waals surface area (Å²) in [5, 5.41) is 6.47. The Hall–Kier alpha value is -2.13. The van der Waals surface area contributed by atoms with E-state index < -0.39 is 0 Å². The zero-order valence-electron chi connectivity index (χ0n) is 19.9. The molecule has 0 bridgehead atoms. The van der Waals surface area contributed by atoms with Crippen LogP contribution in [-0.4, -0.2) is 49.6 Å². The first-order valence-corrected chi connectivity index (χ1v) is 11.6. The molecule has 2 N–H and O–H groups in total. The normalized spacial score (nSPS) is 16.8. The largest absolute Gasteiger partial charge is 0.376 e. The molecule has 1 aliphatic rings. The molecule has 7 heteroatoms. The Morgan fingerprint density at radius 3 is 2.67 bits per heavy atom. The van der Waals surface area contributed by atoms with E-state index in [9.17, 15) is 4.79 Å². The molecule has 1 aliphatic heterocycles. The average molecular weight is 565 g/mol. The highest BCUT2D eigenvalue weighted by Gasteiger charge is 2.25. The number of halogens is 1. The third-order valence-electron chi connectivity index (χ3n) is 5.89. The molecule has 0 spiro atoms.